The molecule has 1 aromatic heterocycles. The molecule has 5 heteroatoms. The van der Waals surface area contributed by atoms with Gasteiger partial charge in [0.1, 0.15) is 0 Å². The van der Waals surface area contributed by atoms with Gasteiger partial charge in [-0.3, -0.25) is 9.48 Å². The number of ether oxygens (including phenoxy) is 1. The maximum atomic E-state index is 12.3. The summed E-state index contributed by atoms with van der Waals surface area (Å²) < 4.78 is 7.32. The van der Waals surface area contributed by atoms with Gasteiger partial charge in [0.25, 0.3) is 5.91 Å². The fourth-order valence-corrected chi connectivity index (χ4v) is 2.63. The molecule has 1 N–H and O–H groups in total. The van der Waals surface area contributed by atoms with Crippen LogP contribution < -0.4 is 5.32 Å². The molecule has 3 aromatic rings. The number of nitrogens with one attached hydrogen (secondary N) is 1. The second-order valence-electron chi connectivity index (χ2n) is 5.75. The number of hydrogen-bond acceptors (Lipinski definition) is 3. The van der Waals surface area contributed by atoms with E-state index >= 15 is 0 Å². The van der Waals surface area contributed by atoms with E-state index in [9.17, 15) is 4.79 Å². The van der Waals surface area contributed by atoms with Gasteiger partial charge in [0.2, 0.25) is 0 Å². The third-order valence-corrected chi connectivity index (χ3v) is 4.02. The zero-order chi connectivity index (χ0) is 17.5. The third-order valence-electron chi connectivity index (χ3n) is 4.02. The molecule has 0 radical (unpaired) electrons. The van der Waals surface area contributed by atoms with E-state index in [0.29, 0.717) is 18.7 Å². The number of carbonyl (C=O) groups excluding carboxylic acids is 1. The van der Waals surface area contributed by atoms with Gasteiger partial charge in [0.05, 0.1) is 12.6 Å². The first kappa shape index (κ1) is 16.9. The highest BCUT2D eigenvalue weighted by Crippen LogP contribution is 2.15. The van der Waals surface area contributed by atoms with Crippen LogP contribution in [0, 0.1) is 0 Å². The molecule has 128 valence electrons. The van der Waals surface area contributed by atoms with Crippen molar-refractivity contribution in [3.05, 3.63) is 89.7 Å². The van der Waals surface area contributed by atoms with Crippen LogP contribution in [0.1, 0.15) is 27.6 Å². The van der Waals surface area contributed by atoms with Crippen LogP contribution in [0.4, 0.5) is 0 Å². The predicted octanol–water partition coefficient (Wildman–Crippen LogP) is 3.05. The normalized spacial score (nSPS) is 11.9. The fraction of sp³-hybridized carbons (Fsp3) is 0.200. The molecule has 0 fully saturated rings. The van der Waals surface area contributed by atoms with Crippen molar-refractivity contribution in [3.63, 3.8) is 0 Å². The Kier molecular flexibility index (Phi) is 5.59. The predicted molar refractivity (Wildman–Crippen MR) is 96.3 cm³/mol. The SMILES string of the molecule is COC(CNC(=O)c1ccc(Cn2cccn2)cc1)c1ccccc1. The van der Waals surface area contributed by atoms with Gasteiger partial charge in [-0.1, -0.05) is 42.5 Å². The lowest BCUT2D eigenvalue weighted by Crippen LogP contribution is -2.29. The van der Waals surface area contributed by atoms with Crippen molar-refractivity contribution < 1.29 is 9.53 Å². The molecule has 3 rings (SSSR count). The van der Waals surface area contributed by atoms with Crippen molar-refractivity contribution >= 4 is 5.91 Å². The Morgan fingerprint density at radius 3 is 2.52 bits per heavy atom. The van der Waals surface area contributed by atoms with E-state index in [0.717, 1.165) is 11.1 Å². The van der Waals surface area contributed by atoms with E-state index in [1.54, 1.807) is 13.3 Å². The summed E-state index contributed by atoms with van der Waals surface area (Å²) in [4.78, 5) is 12.3. The van der Waals surface area contributed by atoms with Crippen molar-refractivity contribution in [2.75, 3.05) is 13.7 Å². The Balaban J connectivity index is 1.57. The van der Waals surface area contributed by atoms with Gasteiger partial charge in [0.15, 0.2) is 0 Å². The van der Waals surface area contributed by atoms with Crippen molar-refractivity contribution in [2.24, 2.45) is 0 Å². The molecular weight excluding hydrogens is 314 g/mol. The minimum absolute atomic E-state index is 0.108. The molecule has 5 nitrogen and oxygen atoms in total. The summed E-state index contributed by atoms with van der Waals surface area (Å²) in [5.41, 5.74) is 2.77. The number of hydrogen-bond donors (Lipinski definition) is 1. The molecule has 0 aliphatic rings. The molecule has 0 bridgehead atoms. The highest BCUT2D eigenvalue weighted by molar-refractivity contribution is 5.94. The largest absolute Gasteiger partial charge is 0.375 e. The first-order valence-corrected chi connectivity index (χ1v) is 8.18. The van der Waals surface area contributed by atoms with Crippen LogP contribution in [0.2, 0.25) is 0 Å². The van der Waals surface area contributed by atoms with Crippen molar-refractivity contribution in [1.82, 2.24) is 15.1 Å². The maximum Gasteiger partial charge on any atom is 0.251 e. The molecule has 0 aliphatic carbocycles. The summed E-state index contributed by atoms with van der Waals surface area (Å²) in [6, 6.07) is 19.3. The summed E-state index contributed by atoms with van der Waals surface area (Å²) in [7, 11) is 1.65. The summed E-state index contributed by atoms with van der Waals surface area (Å²) in [6.07, 6.45) is 3.50. The number of amides is 1. The van der Waals surface area contributed by atoms with E-state index in [2.05, 4.69) is 10.4 Å². The van der Waals surface area contributed by atoms with Crippen LogP contribution in [0.3, 0.4) is 0 Å². The van der Waals surface area contributed by atoms with Gasteiger partial charge in [-0.15, -0.1) is 0 Å². The first-order valence-electron chi connectivity index (χ1n) is 8.18. The van der Waals surface area contributed by atoms with Gasteiger partial charge < -0.3 is 10.1 Å². The van der Waals surface area contributed by atoms with Crippen LogP contribution in [0.5, 0.6) is 0 Å². The molecule has 1 unspecified atom stereocenters. The Bertz CT molecular complexity index is 784. The highest BCUT2D eigenvalue weighted by atomic mass is 16.5. The van der Waals surface area contributed by atoms with Gasteiger partial charge in [-0.05, 0) is 29.3 Å². The molecule has 0 saturated heterocycles. The molecule has 25 heavy (non-hydrogen) atoms. The second kappa shape index (κ2) is 8.26. The lowest BCUT2D eigenvalue weighted by atomic mass is 10.1. The zero-order valence-electron chi connectivity index (χ0n) is 14.1. The number of benzene rings is 2. The van der Waals surface area contributed by atoms with Crippen LogP contribution in [0.25, 0.3) is 0 Å². The van der Waals surface area contributed by atoms with E-state index in [-0.39, 0.29) is 12.0 Å². The number of nitrogens with zero attached hydrogens (tertiary/aromatic N) is 2. The monoisotopic (exact) mass is 335 g/mol. The van der Waals surface area contributed by atoms with E-state index in [4.69, 9.17) is 4.74 Å². The smallest absolute Gasteiger partial charge is 0.251 e. The Hall–Kier alpha value is -2.92. The topological polar surface area (TPSA) is 56.1 Å². The minimum Gasteiger partial charge on any atom is -0.375 e. The Morgan fingerprint density at radius 2 is 1.88 bits per heavy atom. The van der Waals surface area contributed by atoms with Gasteiger partial charge in [-0.25, -0.2) is 0 Å². The summed E-state index contributed by atoms with van der Waals surface area (Å²) in [5.74, 6) is -0.108. The highest BCUT2D eigenvalue weighted by Gasteiger charge is 2.12. The van der Waals surface area contributed by atoms with Gasteiger partial charge >= 0.3 is 0 Å². The fourth-order valence-electron chi connectivity index (χ4n) is 2.63. The van der Waals surface area contributed by atoms with Crippen molar-refractivity contribution in [3.8, 4) is 0 Å². The summed E-state index contributed by atoms with van der Waals surface area (Å²) >= 11 is 0. The van der Waals surface area contributed by atoms with Crippen LogP contribution in [-0.4, -0.2) is 29.3 Å². The quantitative estimate of drug-likeness (QED) is 0.722. The lowest BCUT2D eigenvalue weighted by Gasteiger charge is -2.16. The standard InChI is InChI=1S/C20H21N3O2/c1-25-19(17-6-3-2-4-7-17)14-21-20(24)18-10-8-16(9-11-18)15-23-13-5-12-22-23/h2-13,19H,14-15H2,1H3,(H,21,24). The first-order chi connectivity index (χ1) is 12.3. The second-order valence-corrected chi connectivity index (χ2v) is 5.75. The Morgan fingerprint density at radius 1 is 1.12 bits per heavy atom. The summed E-state index contributed by atoms with van der Waals surface area (Å²) in [6.45, 7) is 1.11. The van der Waals surface area contributed by atoms with E-state index < -0.39 is 0 Å². The van der Waals surface area contributed by atoms with Crippen LogP contribution in [0.15, 0.2) is 73.1 Å². The maximum absolute atomic E-state index is 12.3. The molecular formula is C20H21N3O2. The van der Waals surface area contributed by atoms with Crippen LogP contribution >= 0.6 is 0 Å². The average molecular weight is 335 g/mol. The lowest BCUT2D eigenvalue weighted by molar-refractivity contribution is 0.0828. The molecule has 0 spiro atoms. The molecule has 1 amide bonds. The number of rotatable bonds is 7. The molecule has 1 atom stereocenters. The number of carbonyl (C=O) groups is 1. The molecule has 2 aromatic carbocycles. The van der Waals surface area contributed by atoms with Crippen LogP contribution in [-0.2, 0) is 11.3 Å². The molecule has 0 saturated carbocycles. The third kappa shape index (κ3) is 4.55. The van der Waals surface area contributed by atoms with Crippen molar-refractivity contribution in [2.45, 2.75) is 12.6 Å². The average Bonchev–Trinajstić information content (AvgIpc) is 3.16. The Labute approximate surface area is 147 Å². The molecule has 0 aliphatic heterocycles. The minimum atomic E-state index is -0.163. The number of methoxy groups -OCH3 is 1. The molecule has 1 heterocycles. The van der Waals surface area contributed by atoms with Gasteiger partial charge in [0, 0.05) is 31.6 Å². The van der Waals surface area contributed by atoms with Gasteiger partial charge in [-0.2, -0.15) is 5.10 Å². The van der Waals surface area contributed by atoms with E-state index in [1.807, 2.05) is 71.5 Å². The van der Waals surface area contributed by atoms with Crippen molar-refractivity contribution in [1.29, 1.82) is 0 Å². The summed E-state index contributed by atoms with van der Waals surface area (Å²) in [5, 5.41) is 7.11. The zero-order valence-corrected chi connectivity index (χ0v) is 14.1. The van der Waals surface area contributed by atoms with E-state index in [1.165, 1.54) is 0 Å². The number of aromatic nitrogens is 2.